The standard InChI is InChI=1S/C27H23N3O4/c1-16(31)28-24-22(17-12-14-19(34-2)15-13-17)23(25(32)18-8-4-3-5-9-18)26-29-20-10-6-7-11-21(20)30(26)27(24)33/h3-15,22-24H,1-2H3,(H,28,31)/t22-,23-,24+/m0/s1. The number of carbonyl (C=O) groups is 3. The molecule has 4 aromatic rings. The van der Waals surface area contributed by atoms with E-state index in [1.54, 1.807) is 49.6 Å². The van der Waals surface area contributed by atoms with Gasteiger partial charge in [-0.3, -0.25) is 19.0 Å². The molecule has 0 saturated heterocycles. The van der Waals surface area contributed by atoms with Crippen molar-refractivity contribution in [3.8, 4) is 5.75 Å². The SMILES string of the molecule is COc1ccc([C@@H]2[C@@H](NC(C)=O)C(=O)n3c(nc4ccccc43)[C@@H]2C(=O)c2ccccc2)cc1. The molecule has 0 radical (unpaired) electrons. The van der Waals surface area contributed by atoms with Gasteiger partial charge in [-0.2, -0.15) is 0 Å². The van der Waals surface area contributed by atoms with Crippen molar-refractivity contribution in [3.05, 3.63) is 95.8 Å². The Hall–Kier alpha value is -4.26. The number of rotatable bonds is 5. The fourth-order valence-corrected chi connectivity index (χ4v) is 4.77. The number of para-hydroxylation sites is 2. The van der Waals surface area contributed by atoms with E-state index in [-0.39, 0.29) is 17.6 Å². The van der Waals surface area contributed by atoms with Crippen LogP contribution in [0.2, 0.25) is 0 Å². The molecule has 0 unspecified atom stereocenters. The van der Waals surface area contributed by atoms with Crippen LogP contribution in [0.4, 0.5) is 0 Å². The van der Waals surface area contributed by atoms with Gasteiger partial charge in [0.25, 0.3) is 5.91 Å². The van der Waals surface area contributed by atoms with E-state index in [4.69, 9.17) is 9.72 Å². The average Bonchev–Trinajstić information content (AvgIpc) is 3.25. The van der Waals surface area contributed by atoms with E-state index < -0.39 is 17.9 Å². The molecule has 1 aliphatic heterocycles. The summed E-state index contributed by atoms with van der Waals surface area (Å²) in [6.07, 6.45) is 0. The lowest BCUT2D eigenvalue weighted by Gasteiger charge is -2.37. The number of benzene rings is 3. The monoisotopic (exact) mass is 453 g/mol. The van der Waals surface area contributed by atoms with E-state index in [0.29, 0.717) is 28.2 Å². The summed E-state index contributed by atoms with van der Waals surface area (Å²) < 4.78 is 6.78. The zero-order chi connectivity index (χ0) is 23.8. The van der Waals surface area contributed by atoms with Gasteiger partial charge in [-0.05, 0) is 29.8 Å². The largest absolute Gasteiger partial charge is 0.497 e. The minimum absolute atomic E-state index is 0.166. The molecular formula is C27H23N3O4. The van der Waals surface area contributed by atoms with Crippen molar-refractivity contribution in [1.82, 2.24) is 14.9 Å². The van der Waals surface area contributed by atoms with Gasteiger partial charge in [0, 0.05) is 18.4 Å². The van der Waals surface area contributed by atoms with Gasteiger partial charge in [0.1, 0.15) is 17.6 Å². The maximum atomic E-state index is 14.0. The number of ether oxygens (including phenoxy) is 1. The van der Waals surface area contributed by atoms with Crippen LogP contribution < -0.4 is 10.1 Å². The van der Waals surface area contributed by atoms with Crippen molar-refractivity contribution in [3.63, 3.8) is 0 Å². The summed E-state index contributed by atoms with van der Waals surface area (Å²) in [6.45, 7) is 1.37. The first kappa shape index (κ1) is 21.6. The molecular weight excluding hydrogens is 430 g/mol. The number of hydrogen-bond acceptors (Lipinski definition) is 5. The molecule has 0 fully saturated rings. The number of aromatic nitrogens is 2. The fourth-order valence-electron chi connectivity index (χ4n) is 4.77. The second-order valence-electron chi connectivity index (χ2n) is 8.32. The number of Topliss-reactive ketones (excluding diaryl/α,β-unsaturated/α-hetero) is 1. The molecule has 3 atom stereocenters. The molecule has 34 heavy (non-hydrogen) atoms. The smallest absolute Gasteiger partial charge is 0.255 e. The highest BCUT2D eigenvalue weighted by Crippen LogP contribution is 2.43. The number of amides is 1. The van der Waals surface area contributed by atoms with Crippen molar-refractivity contribution in [1.29, 1.82) is 0 Å². The normalized spacial score (nSPS) is 19.5. The minimum atomic E-state index is -0.950. The van der Waals surface area contributed by atoms with Gasteiger partial charge in [-0.15, -0.1) is 0 Å². The predicted octanol–water partition coefficient (Wildman–Crippen LogP) is 3.95. The molecule has 0 saturated carbocycles. The van der Waals surface area contributed by atoms with Crippen LogP contribution in [0, 0.1) is 0 Å². The lowest BCUT2D eigenvalue weighted by atomic mass is 9.74. The third-order valence-electron chi connectivity index (χ3n) is 6.27. The molecule has 2 heterocycles. The summed E-state index contributed by atoms with van der Waals surface area (Å²) >= 11 is 0. The van der Waals surface area contributed by atoms with Crippen LogP contribution in [0.15, 0.2) is 78.9 Å². The molecule has 1 N–H and O–H groups in total. The van der Waals surface area contributed by atoms with Gasteiger partial charge in [0.15, 0.2) is 5.78 Å². The highest BCUT2D eigenvalue weighted by molar-refractivity contribution is 6.06. The van der Waals surface area contributed by atoms with Gasteiger partial charge < -0.3 is 10.1 Å². The van der Waals surface area contributed by atoms with Crippen LogP contribution in [-0.4, -0.2) is 40.3 Å². The summed E-state index contributed by atoms with van der Waals surface area (Å²) in [5.41, 5.74) is 2.48. The van der Waals surface area contributed by atoms with E-state index >= 15 is 0 Å². The lowest BCUT2D eigenvalue weighted by Crippen LogP contribution is -2.53. The van der Waals surface area contributed by atoms with Crippen molar-refractivity contribution < 1.29 is 19.1 Å². The van der Waals surface area contributed by atoms with Crippen LogP contribution in [0.25, 0.3) is 11.0 Å². The van der Waals surface area contributed by atoms with E-state index in [9.17, 15) is 14.4 Å². The zero-order valence-corrected chi connectivity index (χ0v) is 18.8. The molecule has 1 aliphatic rings. The molecule has 7 heteroatoms. The third-order valence-corrected chi connectivity index (χ3v) is 6.27. The van der Waals surface area contributed by atoms with Gasteiger partial charge >= 0.3 is 0 Å². The highest BCUT2D eigenvalue weighted by Gasteiger charge is 2.48. The molecule has 5 rings (SSSR count). The second kappa shape index (κ2) is 8.59. The Bertz CT molecular complexity index is 1390. The van der Waals surface area contributed by atoms with E-state index in [1.807, 2.05) is 36.4 Å². The summed E-state index contributed by atoms with van der Waals surface area (Å²) in [7, 11) is 1.57. The minimum Gasteiger partial charge on any atom is -0.497 e. The molecule has 0 bridgehead atoms. The van der Waals surface area contributed by atoms with Gasteiger partial charge in [-0.1, -0.05) is 54.6 Å². The molecule has 1 amide bonds. The molecule has 7 nitrogen and oxygen atoms in total. The Morgan fingerprint density at radius 2 is 1.62 bits per heavy atom. The van der Waals surface area contributed by atoms with E-state index in [1.165, 1.54) is 11.5 Å². The fraction of sp³-hybridized carbons (Fsp3) is 0.185. The molecule has 0 spiro atoms. The maximum absolute atomic E-state index is 14.0. The van der Waals surface area contributed by atoms with Gasteiger partial charge in [0.2, 0.25) is 5.91 Å². The van der Waals surface area contributed by atoms with Gasteiger partial charge in [-0.25, -0.2) is 4.98 Å². The second-order valence-corrected chi connectivity index (χ2v) is 8.32. The number of nitrogens with zero attached hydrogens (tertiary/aromatic N) is 2. The van der Waals surface area contributed by atoms with Gasteiger partial charge in [0.05, 0.1) is 24.1 Å². The number of fused-ring (bicyclic) bond motifs is 3. The number of methoxy groups -OCH3 is 1. The van der Waals surface area contributed by atoms with Crippen LogP contribution in [-0.2, 0) is 4.79 Å². The van der Waals surface area contributed by atoms with Crippen molar-refractivity contribution in [2.24, 2.45) is 0 Å². The Morgan fingerprint density at radius 1 is 0.941 bits per heavy atom. The quantitative estimate of drug-likeness (QED) is 0.462. The summed E-state index contributed by atoms with van der Waals surface area (Å²) in [5.74, 6) is -1.26. The summed E-state index contributed by atoms with van der Waals surface area (Å²) in [5, 5.41) is 2.82. The Labute approximate surface area is 196 Å². The van der Waals surface area contributed by atoms with Crippen molar-refractivity contribution in [2.45, 2.75) is 24.8 Å². The number of carbonyl (C=O) groups excluding carboxylic acids is 3. The lowest BCUT2D eigenvalue weighted by molar-refractivity contribution is -0.119. The third kappa shape index (κ3) is 3.55. The number of nitrogens with one attached hydrogen (secondary N) is 1. The predicted molar refractivity (Wildman–Crippen MR) is 127 cm³/mol. The molecule has 170 valence electrons. The summed E-state index contributed by atoms with van der Waals surface area (Å²) in [6, 6.07) is 22.5. The van der Waals surface area contributed by atoms with Crippen LogP contribution in [0.3, 0.4) is 0 Å². The Balaban J connectivity index is 1.78. The first-order chi connectivity index (χ1) is 16.5. The zero-order valence-electron chi connectivity index (χ0n) is 18.8. The highest BCUT2D eigenvalue weighted by atomic mass is 16.5. The van der Waals surface area contributed by atoms with E-state index in [2.05, 4.69) is 5.32 Å². The van der Waals surface area contributed by atoms with Crippen LogP contribution >= 0.6 is 0 Å². The Morgan fingerprint density at radius 3 is 2.29 bits per heavy atom. The number of hydrogen-bond donors (Lipinski definition) is 1. The van der Waals surface area contributed by atoms with Crippen LogP contribution in [0.1, 0.15) is 45.3 Å². The molecule has 0 aliphatic carbocycles. The van der Waals surface area contributed by atoms with Crippen molar-refractivity contribution in [2.75, 3.05) is 7.11 Å². The average molecular weight is 453 g/mol. The Kier molecular flexibility index (Phi) is 5.45. The first-order valence-electron chi connectivity index (χ1n) is 11.0. The van der Waals surface area contributed by atoms with E-state index in [0.717, 1.165) is 5.56 Å². The first-order valence-corrected chi connectivity index (χ1v) is 11.0. The maximum Gasteiger partial charge on any atom is 0.255 e. The summed E-state index contributed by atoms with van der Waals surface area (Å²) in [4.78, 5) is 44.7. The van der Waals surface area contributed by atoms with Crippen LogP contribution in [0.5, 0.6) is 5.75 Å². The topological polar surface area (TPSA) is 90.3 Å². The number of ketones is 1. The van der Waals surface area contributed by atoms with Crippen molar-refractivity contribution >= 4 is 28.6 Å². The molecule has 3 aromatic carbocycles. The molecule has 1 aromatic heterocycles. The number of imidazole rings is 1.